The molecular formula is C6H15NO5SSi. The van der Waals surface area contributed by atoms with Crippen molar-refractivity contribution >= 4 is 19.7 Å². The van der Waals surface area contributed by atoms with Crippen molar-refractivity contribution in [2.75, 3.05) is 21.0 Å². The van der Waals surface area contributed by atoms with Crippen LogP contribution in [-0.4, -0.2) is 38.2 Å². The third kappa shape index (κ3) is 4.84. The summed E-state index contributed by atoms with van der Waals surface area (Å²) >= 11 is 0. The number of nitrogens with one attached hydrogen (secondary N) is 1. The van der Waals surface area contributed by atoms with Gasteiger partial charge in [0.25, 0.3) is 0 Å². The van der Waals surface area contributed by atoms with Gasteiger partial charge in [-0.3, -0.25) is 0 Å². The zero-order valence-corrected chi connectivity index (χ0v) is 10.1. The van der Waals surface area contributed by atoms with Crippen molar-refractivity contribution in [1.29, 1.82) is 0 Å². The van der Waals surface area contributed by atoms with Crippen molar-refractivity contribution in [2.24, 2.45) is 0 Å². The molecule has 0 unspecified atom stereocenters. The third-order valence-electron chi connectivity index (χ3n) is 1.50. The van der Waals surface area contributed by atoms with Gasteiger partial charge in [-0.15, -0.1) is 6.58 Å². The van der Waals surface area contributed by atoms with Crippen LogP contribution >= 0.6 is 0 Å². The van der Waals surface area contributed by atoms with Crippen LogP contribution < -0.4 is 4.72 Å². The van der Waals surface area contributed by atoms with E-state index in [0.29, 0.717) is 6.04 Å². The quantitative estimate of drug-likeness (QED) is 0.259. The zero-order valence-electron chi connectivity index (χ0n) is 8.19. The molecule has 0 fully saturated rings. The second-order valence-corrected chi connectivity index (χ2v) is 6.00. The van der Waals surface area contributed by atoms with Gasteiger partial charge < -0.3 is 13.3 Å². The molecule has 8 heteroatoms. The van der Waals surface area contributed by atoms with Crippen LogP contribution in [0.1, 0.15) is 0 Å². The topological polar surface area (TPSA) is 73.9 Å². The summed E-state index contributed by atoms with van der Waals surface area (Å²) in [6, 6.07) is 0.428. The standard InChI is InChI=1S/C6H15NO5SSi/c1-4-5-14(10-2,11-3)12-6-7-13(8)9/h4,13H,1,5-6H2,2-3H3,(H,7,8,9). The summed E-state index contributed by atoms with van der Waals surface area (Å²) in [5, 5.41) is 0. The minimum atomic E-state index is -2.76. The Labute approximate surface area is 86.3 Å². The molecule has 84 valence electrons. The van der Waals surface area contributed by atoms with Gasteiger partial charge in [-0.05, 0) is 0 Å². The first-order valence-corrected chi connectivity index (χ1v) is 6.94. The Morgan fingerprint density at radius 1 is 1.43 bits per heavy atom. The van der Waals surface area contributed by atoms with Crippen molar-refractivity contribution < 1.29 is 21.7 Å². The molecule has 0 radical (unpaired) electrons. The largest absolute Gasteiger partial charge is 0.505 e. The van der Waals surface area contributed by atoms with E-state index in [1.165, 1.54) is 14.2 Å². The first-order chi connectivity index (χ1) is 6.60. The van der Waals surface area contributed by atoms with E-state index >= 15 is 0 Å². The van der Waals surface area contributed by atoms with Crippen LogP contribution in [0.2, 0.25) is 6.04 Å². The summed E-state index contributed by atoms with van der Waals surface area (Å²) < 4.78 is 37.9. The SMILES string of the molecule is C=CC[Si](OC)(OC)OCN[SH](=O)=O. The Morgan fingerprint density at radius 2 is 2.00 bits per heavy atom. The van der Waals surface area contributed by atoms with Crippen molar-refractivity contribution in [3.8, 4) is 0 Å². The molecule has 1 N–H and O–H groups in total. The van der Waals surface area contributed by atoms with Gasteiger partial charge in [-0.2, -0.15) is 4.72 Å². The fraction of sp³-hybridized carbons (Fsp3) is 0.667. The number of hydrogen-bond donors (Lipinski definition) is 2. The molecule has 0 aliphatic carbocycles. The summed E-state index contributed by atoms with van der Waals surface area (Å²) in [5.41, 5.74) is 0. The van der Waals surface area contributed by atoms with Gasteiger partial charge in [0.15, 0.2) is 0 Å². The Kier molecular flexibility index (Phi) is 6.97. The van der Waals surface area contributed by atoms with E-state index in [9.17, 15) is 8.42 Å². The molecular weight excluding hydrogens is 226 g/mol. The highest BCUT2D eigenvalue weighted by Gasteiger charge is 2.37. The minimum absolute atomic E-state index is 0.152. The number of rotatable bonds is 8. The third-order valence-corrected chi connectivity index (χ3v) is 4.51. The van der Waals surface area contributed by atoms with Crippen LogP contribution in [-0.2, 0) is 24.2 Å². The van der Waals surface area contributed by atoms with E-state index in [2.05, 4.69) is 11.3 Å². The van der Waals surface area contributed by atoms with E-state index in [4.69, 9.17) is 13.3 Å². The van der Waals surface area contributed by atoms with E-state index < -0.39 is 19.7 Å². The lowest BCUT2D eigenvalue weighted by molar-refractivity contribution is 0.100. The molecule has 0 saturated carbocycles. The molecule has 0 aromatic carbocycles. The lowest BCUT2D eigenvalue weighted by atomic mass is 10.8. The van der Waals surface area contributed by atoms with Crippen LogP contribution in [0.4, 0.5) is 0 Å². The molecule has 0 aromatic heterocycles. The van der Waals surface area contributed by atoms with Crippen LogP contribution in [0.25, 0.3) is 0 Å². The average molecular weight is 241 g/mol. The lowest BCUT2D eigenvalue weighted by Crippen LogP contribution is -2.45. The van der Waals surface area contributed by atoms with Crippen molar-refractivity contribution in [3.63, 3.8) is 0 Å². The Bertz CT molecular complexity index is 232. The number of allylic oxidation sites excluding steroid dienone is 1. The second-order valence-electron chi connectivity index (χ2n) is 2.29. The first kappa shape index (κ1) is 13.7. The monoisotopic (exact) mass is 241 g/mol. The highest BCUT2D eigenvalue weighted by molar-refractivity contribution is 7.70. The summed E-state index contributed by atoms with van der Waals surface area (Å²) in [5.74, 6) is 0. The molecule has 0 amide bonds. The van der Waals surface area contributed by atoms with Crippen molar-refractivity contribution in [3.05, 3.63) is 12.7 Å². The van der Waals surface area contributed by atoms with Gasteiger partial charge >= 0.3 is 8.80 Å². The highest BCUT2D eigenvalue weighted by Crippen LogP contribution is 2.12. The van der Waals surface area contributed by atoms with Gasteiger partial charge in [-0.25, -0.2) is 8.42 Å². The van der Waals surface area contributed by atoms with Crippen molar-refractivity contribution in [2.45, 2.75) is 6.04 Å². The Balaban J connectivity index is 4.12. The van der Waals surface area contributed by atoms with Crippen LogP contribution in [0.5, 0.6) is 0 Å². The van der Waals surface area contributed by atoms with Gasteiger partial charge in [-0.1, -0.05) is 6.08 Å². The fourth-order valence-corrected chi connectivity index (χ4v) is 2.59. The first-order valence-electron chi connectivity index (χ1n) is 3.83. The zero-order chi connectivity index (χ0) is 11.0. The maximum atomic E-state index is 10.2. The maximum Gasteiger partial charge on any atom is 0.505 e. The van der Waals surface area contributed by atoms with E-state index in [0.717, 1.165) is 0 Å². The van der Waals surface area contributed by atoms with Gasteiger partial charge in [0.05, 0.1) is 0 Å². The normalized spacial score (nSPS) is 11.9. The molecule has 6 nitrogen and oxygen atoms in total. The molecule has 0 bridgehead atoms. The van der Waals surface area contributed by atoms with E-state index in [1.807, 2.05) is 0 Å². The molecule has 0 saturated heterocycles. The smallest absolute Gasteiger partial charge is 0.377 e. The molecule has 14 heavy (non-hydrogen) atoms. The lowest BCUT2D eigenvalue weighted by Gasteiger charge is -2.24. The summed E-state index contributed by atoms with van der Waals surface area (Å²) in [6.07, 6.45) is 1.61. The molecule has 0 aromatic rings. The van der Waals surface area contributed by atoms with Crippen molar-refractivity contribution in [1.82, 2.24) is 4.72 Å². The molecule has 0 atom stereocenters. The average Bonchev–Trinajstić information content (AvgIpc) is 2.16. The van der Waals surface area contributed by atoms with Crippen LogP contribution in [0.3, 0.4) is 0 Å². The van der Waals surface area contributed by atoms with Gasteiger partial charge in [0.2, 0.25) is 10.9 Å². The predicted octanol–water partition coefficient (Wildman–Crippen LogP) is -0.506. The second kappa shape index (κ2) is 7.09. The predicted molar refractivity (Wildman–Crippen MR) is 54.2 cm³/mol. The number of thiol groups is 1. The molecule has 0 rings (SSSR count). The molecule has 0 spiro atoms. The van der Waals surface area contributed by atoms with E-state index in [-0.39, 0.29) is 6.73 Å². The minimum Gasteiger partial charge on any atom is -0.377 e. The Hall–Kier alpha value is -0.253. The summed E-state index contributed by atoms with van der Waals surface area (Å²) in [6.45, 7) is 3.39. The molecule has 0 aliphatic heterocycles. The summed E-state index contributed by atoms with van der Waals surface area (Å²) in [7, 11) is -2.51. The molecule has 0 aliphatic rings. The fourth-order valence-electron chi connectivity index (χ4n) is 0.798. The number of hydrogen-bond acceptors (Lipinski definition) is 5. The van der Waals surface area contributed by atoms with Crippen LogP contribution in [0.15, 0.2) is 12.7 Å². The van der Waals surface area contributed by atoms with E-state index in [1.54, 1.807) is 6.08 Å². The van der Waals surface area contributed by atoms with Gasteiger partial charge in [0.1, 0.15) is 6.73 Å². The summed E-state index contributed by atoms with van der Waals surface area (Å²) in [4.78, 5) is 0. The Morgan fingerprint density at radius 3 is 2.36 bits per heavy atom. The highest BCUT2D eigenvalue weighted by atomic mass is 32.2. The maximum absolute atomic E-state index is 10.2. The van der Waals surface area contributed by atoms with Gasteiger partial charge in [0, 0.05) is 20.3 Å². The molecule has 0 heterocycles. The van der Waals surface area contributed by atoms with Crippen LogP contribution in [0, 0.1) is 0 Å².